The summed E-state index contributed by atoms with van der Waals surface area (Å²) in [5.41, 5.74) is 7.37. The van der Waals surface area contributed by atoms with Crippen molar-refractivity contribution in [3.8, 4) is 5.75 Å². The molecule has 1 saturated heterocycles. The van der Waals surface area contributed by atoms with Gasteiger partial charge in [-0.1, -0.05) is 0 Å². The minimum atomic E-state index is 0. The number of pyridine rings is 1. The van der Waals surface area contributed by atoms with Crippen LogP contribution in [0.25, 0.3) is 0 Å². The maximum atomic E-state index is 12.1. The lowest BCUT2D eigenvalue weighted by molar-refractivity contribution is -0.126. The van der Waals surface area contributed by atoms with Crippen molar-refractivity contribution in [1.29, 1.82) is 0 Å². The van der Waals surface area contributed by atoms with E-state index in [-0.39, 0.29) is 24.2 Å². The average Bonchev–Trinajstić information content (AvgIpc) is 2.52. The largest absolute Gasteiger partial charge is 0.497 e. The second-order valence-electron chi connectivity index (χ2n) is 5.79. The molecule has 0 saturated carbocycles. The molecule has 2 heterocycles. The van der Waals surface area contributed by atoms with Crippen LogP contribution < -0.4 is 15.8 Å². The molecule has 0 bridgehead atoms. The van der Waals surface area contributed by atoms with Crippen LogP contribution in [0, 0.1) is 12.8 Å². The molecule has 1 aromatic rings. The molecular weight excluding hydrogens is 316 g/mol. The van der Waals surface area contributed by atoms with Crippen LogP contribution >= 0.6 is 12.4 Å². The van der Waals surface area contributed by atoms with E-state index in [1.807, 2.05) is 19.1 Å². The summed E-state index contributed by atoms with van der Waals surface area (Å²) in [6, 6.07) is 3.88. The first kappa shape index (κ1) is 19.7. The molecule has 1 fully saturated rings. The first-order chi connectivity index (χ1) is 10.6. The van der Waals surface area contributed by atoms with Crippen molar-refractivity contribution in [2.75, 3.05) is 33.3 Å². The van der Waals surface area contributed by atoms with Gasteiger partial charge < -0.3 is 15.8 Å². The van der Waals surface area contributed by atoms with Crippen LogP contribution in [0.2, 0.25) is 0 Å². The Kier molecular flexibility index (Phi) is 8.30. The number of amides is 1. The molecule has 2 rings (SSSR count). The summed E-state index contributed by atoms with van der Waals surface area (Å²) < 4.78 is 5.29. The van der Waals surface area contributed by atoms with Gasteiger partial charge in [0.05, 0.1) is 18.7 Å². The highest BCUT2D eigenvalue weighted by Crippen LogP contribution is 2.20. The van der Waals surface area contributed by atoms with E-state index in [9.17, 15) is 4.79 Å². The highest BCUT2D eigenvalue weighted by atomic mass is 35.5. The third-order valence-electron chi connectivity index (χ3n) is 3.92. The molecular formula is C16H27ClN4O2. The smallest absolute Gasteiger partial charge is 0.224 e. The zero-order valence-corrected chi connectivity index (χ0v) is 14.7. The maximum Gasteiger partial charge on any atom is 0.224 e. The molecule has 1 aliphatic heterocycles. The number of halogens is 1. The predicted octanol–water partition coefficient (Wildman–Crippen LogP) is 1.11. The summed E-state index contributed by atoms with van der Waals surface area (Å²) in [6.45, 7) is 5.51. The normalized spacial score (nSPS) is 18.1. The van der Waals surface area contributed by atoms with Crippen LogP contribution in [0.3, 0.4) is 0 Å². The average molecular weight is 343 g/mol. The monoisotopic (exact) mass is 342 g/mol. The van der Waals surface area contributed by atoms with E-state index in [1.54, 1.807) is 7.11 Å². The molecule has 6 nitrogen and oxygen atoms in total. The Labute approximate surface area is 144 Å². The number of carbonyl (C=O) groups excluding carboxylic acids is 1. The third-order valence-corrected chi connectivity index (χ3v) is 3.92. The number of nitrogens with zero attached hydrogens (tertiary/aromatic N) is 2. The van der Waals surface area contributed by atoms with Crippen molar-refractivity contribution in [3.63, 3.8) is 0 Å². The number of hydrogen-bond acceptors (Lipinski definition) is 5. The molecule has 3 N–H and O–H groups in total. The quantitative estimate of drug-likeness (QED) is 0.809. The number of carbonyl (C=O) groups is 1. The molecule has 1 aromatic heterocycles. The zero-order valence-electron chi connectivity index (χ0n) is 13.9. The molecule has 130 valence electrons. The van der Waals surface area contributed by atoms with Crippen LogP contribution in [0.4, 0.5) is 0 Å². The number of likely N-dealkylation sites (tertiary alicyclic amines) is 1. The van der Waals surface area contributed by atoms with Crippen LogP contribution in [-0.2, 0) is 11.3 Å². The molecule has 1 unspecified atom stereocenters. The number of hydrogen-bond donors (Lipinski definition) is 2. The molecule has 0 aromatic carbocycles. The Hall–Kier alpha value is -1.37. The van der Waals surface area contributed by atoms with Gasteiger partial charge in [-0.05, 0) is 26.3 Å². The molecule has 0 aliphatic carbocycles. The minimum absolute atomic E-state index is 0. The summed E-state index contributed by atoms with van der Waals surface area (Å²) in [7, 11) is 1.66. The summed E-state index contributed by atoms with van der Waals surface area (Å²) in [5.74, 6) is 0.994. The Balaban J connectivity index is 0.00000264. The zero-order chi connectivity index (χ0) is 15.9. The van der Waals surface area contributed by atoms with E-state index in [0.717, 1.165) is 49.6 Å². The van der Waals surface area contributed by atoms with Gasteiger partial charge in [0.25, 0.3) is 0 Å². The first-order valence-electron chi connectivity index (χ1n) is 7.84. The topological polar surface area (TPSA) is 80.5 Å². The Morgan fingerprint density at radius 2 is 2.30 bits per heavy atom. The lowest BCUT2D eigenvalue weighted by Gasteiger charge is -2.31. The van der Waals surface area contributed by atoms with Crippen LogP contribution in [0.5, 0.6) is 5.75 Å². The van der Waals surface area contributed by atoms with Crippen LogP contribution in [0.15, 0.2) is 12.1 Å². The molecule has 7 heteroatoms. The third kappa shape index (κ3) is 5.97. The molecule has 0 radical (unpaired) electrons. The number of ether oxygens (including phenoxy) is 1. The van der Waals surface area contributed by atoms with Crippen molar-refractivity contribution >= 4 is 18.3 Å². The van der Waals surface area contributed by atoms with Gasteiger partial charge in [0.2, 0.25) is 5.91 Å². The summed E-state index contributed by atoms with van der Waals surface area (Å²) in [5, 5.41) is 2.89. The van der Waals surface area contributed by atoms with Gasteiger partial charge in [-0.15, -0.1) is 12.4 Å². The Morgan fingerprint density at radius 3 is 3.00 bits per heavy atom. The van der Waals surface area contributed by atoms with Gasteiger partial charge in [-0.2, -0.15) is 0 Å². The van der Waals surface area contributed by atoms with Crippen molar-refractivity contribution in [3.05, 3.63) is 23.5 Å². The lowest BCUT2D eigenvalue weighted by Crippen LogP contribution is -2.43. The van der Waals surface area contributed by atoms with E-state index in [4.69, 9.17) is 10.5 Å². The molecule has 23 heavy (non-hydrogen) atoms. The fourth-order valence-corrected chi connectivity index (χ4v) is 2.88. The highest BCUT2D eigenvalue weighted by molar-refractivity contribution is 5.85. The van der Waals surface area contributed by atoms with Gasteiger partial charge >= 0.3 is 0 Å². The predicted molar refractivity (Wildman–Crippen MR) is 92.8 cm³/mol. The lowest BCUT2D eigenvalue weighted by atomic mass is 9.97. The minimum Gasteiger partial charge on any atom is -0.497 e. The van der Waals surface area contributed by atoms with E-state index in [2.05, 4.69) is 15.2 Å². The van der Waals surface area contributed by atoms with Crippen molar-refractivity contribution in [2.24, 2.45) is 11.7 Å². The standard InChI is InChI=1S/C16H26N4O2.ClH/c1-12-8-15(22-2)9-14(19-12)11-20-7-3-4-13(10-20)16(21)18-6-5-17;/h8-9,13H,3-7,10-11,17H2,1-2H3,(H,18,21);1H. The fraction of sp³-hybridized carbons (Fsp3) is 0.625. The van der Waals surface area contributed by atoms with Crippen molar-refractivity contribution in [1.82, 2.24) is 15.2 Å². The molecule has 1 aliphatic rings. The highest BCUT2D eigenvalue weighted by Gasteiger charge is 2.25. The Bertz CT molecular complexity index is 513. The van der Waals surface area contributed by atoms with Crippen LogP contribution in [-0.4, -0.2) is 49.1 Å². The van der Waals surface area contributed by atoms with Gasteiger partial charge in [0.15, 0.2) is 0 Å². The first-order valence-corrected chi connectivity index (χ1v) is 7.84. The number of aryl methyl sites for hydroxylation is 1. The van der Waals surface area contributed by atoms with Gasteiger partial charge in [0, 0.05) is 44.0 Å². The van der Waals surface area contributed by atoms with E-state index >= 15 is 0 Å². The van der Waals surface area contributed by atoms with Crippen molar-refractivity contribution < 1.29 is 9.53 Å². The number of aromatic nitrogens is 1. The maximum absolute atomic E-state index is 12.1. The SMILES string of the molecule is COc1cc(C)nc(CN2CCCC(C(=O)NCCN)C2)c1.Cl. The fourth-order valence-electron chi connectivity index (χ4n) is 2.88. The van der Waals surface area contributed by atoms with E-state index in [1.165, 1.54) is 0 Å². The van der Waals surface area contributed by atoms with Crippen molar-refractivity contribution in [2.45, 2.75) is 26.3 Å². The summed E-state index contributed by atoms with van der Waals surface area (Å²) in [4.78, 5) is 18.9. The van der Waals surface area contributed by atoms with Gasteiger partial charge in [-0.25, -0.2) is 0 Å². The number of methoxy groups -OCH3 is 1. The molecule has 0 spiro atoms. The van der Waals surface area contributed by atoms with Gasteiger partial charge in [-0.3, -0.25) is 14.7 Å². The number of nitrogens with two attached hydrogens (primary N) is 1. The van der Waals surface area contributed by atoms with Crippen LogP contribution in [0.1, 0.15) is 24.2 Å². The summed E-state index contributed by atoms with van der Waals surface area (Å²) >= 11 is 0. The van der Waals surface area contributed by atoms with E-state index < -0.39 is 0 Å². The second-order valence-corrected chi connectivity index (χ2v) is 5.79. The number of rotatable bonds is 6. The van der Waals surface area contributed by atoms with E-state index in [0.29, 0.717) is 13.1 Å². The molecule has 1 atom stereocenters. The molecule has 1 amide bonds. The Morgan fingerprint density at radius 1 is 1.52 bits per heavy atom. The summed E-state index contributed by atoms with van der Waals surface area (Å²) in [6.07, 6.45) is 1.97. The second kappa shape index (κ2) is 9.70. The van der Waals surface area contributed by atoms with Gasteiger partial charge in [0.1, 0.15) is 5.75 Å². The number of piperidine rings is 1. The number of nitrogens with one attached hydrogen (secondary N) is 1.